The van der Waals surface area contributed by atoms with E-state index in [-0.39, 0.29) is 35.0 Å². The van der Waals surface area contributed by atoms with Crippen LogP contribution in [0.4, 0.5) is 27.8 Å². The fraction of sp³-hybridized carbons (Fsp3) is 0.389. The van der Waals surface area contributed by atoms with Gasteiger partial charge in [0.1, 0.15) is 35.6 Å². The van der Waals surface area contributed by atoms with Crippen molar-refractivity contribution < 1.29 is 26.7 Å². The van der Waals surface area contributed by atoms with Gasteiger partial charge < -0.3 is 10.1 Å². The number of rotatable bonds is 6. The summed E-state index contributed by atoms with van der Waals surface area (Å²) in [6.45, 7) is 2.71. The first-order valence-corrected chi connectivity index (χ1v) is 8.76. The van der Waals surface area contributed by atoms with Crippen LogP contribution in [0.2, 0.25) is 0 Å². The van der Waals surface area contributed by atoms with E-state index in [4.69, 9.17) is 4.74 Å². The van der Waals surface area contributed by atoms with Gasteiger partial charge in [-0.15, -0.1) is 0 Å². The molecule has 29 heavy (non-hydrogen) atoms. The Kier molecular flexibility index (Phi) is 5.58. The highest BCUT2D eigenvalue weighted by Crippen LogP contribution is 2.38. The number of benzene rings is 1. The van der Waals surface area contributed by atoms with E-state index in [0.717, 1.165) is 29.9 Å². The summed E-state index contributed by atoms with van der Waals surface area (Å²) in [6, 6.07) is -0.109. The summed E-state index contributed by atoms with van der Waals surface area (Å²) in [6.07, 6.45) is -2.70. The zero-order chi connectivity index (χ0) is 21.3. The average molecular weight is 415 g/mol. The minimum Gasteiger partial charge on any atom is -0.497 e. The van der Waals surface area contributed by atoms with Crippen molar-refractivity contribution in [2.24, 2.45) is 0 Å². The molecule has 2 heterocycles. The number of methoxy groups -OCH3 is 1. The number of aromatic nitrogens is 4. The van der Waals surface area contributed by atoms with Gasteiger partial charge in [0.15, 0.2) is 0 Å². The van der Waals surface area contributed by atoms with E-state index in [1.807, 2.05) is 6.92 Å². The van der Waals surface area contributed by atoms with Crippen LogP contribution in [0.25, 0.3) is 16.9 Å². The van der Waals surface area contributed by atoms with Crippen molar-refractivity contribution in [1.29, 1.82) is 0 Å². The van der Waals surface area contributed by atoms with E-state index < -0.39 is 29.4 Å². The lowest BCUT2D eigenvalue weighted by atomic mass is 9.99. The zero-order valence-corrected chi connectivity index (χ0v) is 15.8. The number of ether oxygens (including phenoxy) is 1. The summed E-state index contributed by atoms with van der Waals surface area (Å²) in [7, 11) is 1.25. The molecule has 3 rings (SSSR count). The molecule has 156 valence electrons. The normalized spacial score (nSPS) is 13.0. The third-order valence-electron chi connectivity index (χ3n) is 4.33. The molecule has 0 amide bonds. The Morgan fingerprint density at radius 1 is 1.17 bits per heavy atom. The van der Waals surface area contributed by atoms with Crippen LogP contribution in [-0.4, -0.2) is 38.9 Å². The second-order valence-electron chi connectivity index (χ2n) is 6.38. The number of nitrogens with zero attached hydrogens (tertiary/aromatic N) is 4. The molecule has 0 saturated carbocycles. The third kappa shape index (κ3) is 3.94. The van der Waals surface area contributed by atoms with Gasteiger partial charge in [-0.05, 0) is 13.3 Å². The molecule has 2 aromatic heterocycles. The first kappa shape index (κ1) is 20.7. The fourth-order valence-corrected chi connectivity index (χ4v) is 2.90. The molecule has 0 saturated heterocycles. The maximum atomic E-state index is 14.8. The van der Waals surface area contributed by atoms with Crippen molar-refractivity contribution in [3.63, 3.8) is 0 Å². The SMILES string of the molecule is CCCc1nc2ncnn2c(N[C@@H](C)C(F)(F)F)c1-c1c(F)cc(OC)cc1F. The van der Waals surface area contributed by atoms with Crippen LogP contribution in [0, 0.1) is 11.6 Å². The van der Waals surface area contributed by atoms with Crippen LogP contribution in [0.3, 0.4) is 0 Å². The second kappa shape index (κ2) is 7.80. The average Bonchev–Trinajstić information content (AvgIpc) is 3.10. The van der Waals surface area contributed by atoms with Crippen LogP contribution < -0.4 is 10.1 Å². The monoisotopic (exact) mass is 415 g/mol. The molecule has 3 aromatic rings. The first-order valence-electron chi connectivity index (χ1n) is 8.76. The van der Waals surface area contributed by atoms with E-state index in [0.29, 0.717) is 6.42 Å². The predicted octanol–water partition coefficient (Wildman–Crippen LogP) is 4.39. The van der Waals surface area contributed by atoms with E-state index >= 15 is 0 Å². The molecule has 0 fully saturated rings. The number of fused-ring (bicyclic) bond motifs is 1. The molecular weight excluding hydrogens is 397 g/mol. The largest absolute Gasteiger partial charge is 0.497 e. The second-order valence-corrected chi connectivity index (χ2v) is 6.38. The predicted molar refractivity (Wildman–Crippen MR) is 95.8 cm³/mol. The highest BCUT2D eigenvalue weighted by molar-refractivity contribution is 5.80. The molecule has 0 bridgehead atoms. The Balaban J connectivity index is 2.35. The molecule has 0 unspecified atom stereocenters. The van der Waals surface area contributed by atoms with Gasteiger partial charge in [-0.3, -0.25) is 0 Å². The van der Waals surface area contributed by atoms with Gasteiger partial charge in [-0.2, -0.15) is 27.8 Å². The first-order chi connectivity index (χ1) is 13.7. The summed E-state index contributed by atoms with van der Waals surface area (Å²) in [5.41, 5.74) is -0.456. The van der Waals surface area contributed by atoms with Crippen molar-refractivity contribution in [1.82, 2.24) is 19.6 Å². The summed E-state index contributed by atoms with van der Waals surface area (Å²) < 4.78 is 75.2. The molecule has 1 aromatic carbocycles. The molecule has 0 aliphatic carbocycles. The molecule has 0 spiro atoms. The van der Waals surface area contributed by atoms with Gasteiger partial charge in [0, 0.05) is 12.1 Å². The quantitative estimate of drug-likeness (QED) is 0.605. The van der Waals surface area contributed by atoms with Crippen molar-refractivity contribution in [3.8, 4) is 16.9 Å². The Morgan fingerprint density at radius 3 is 2.38 bits per heavy atom. The molecule has 0 aliphatic rings. The van der Waals surface area contributed by atoms with Crippen LogP contribution >= 0.6 is 0 Å². The third-order valence-corrected chi connectivity index (χ3v) is 4.33. The van der Waals surface area contributed by atoms with Crippen LogP contribution in [-0.2, 0) is 6.42 Å². The Hall–Kier alpha value is -2.98. The van der Waals surface area contributed by atoms with Crippen LogP contribution in [0.5, 0.6) is 5.75 Å². The lowest BCUT2D eigenvalue weighted by Crippen LogP contribution is -2.34. The topological polar surface area (TPSA) is 64.3 Å². The number of anilines is 1. The van der Waals surface area contributed by atoms with Gasteiger partial charge in [-0.25, -0.2) is 13.8 Å². The molecule has 6 nitrogen and oxygen atoms in total. The number of hydrogen-bond acceptors (Lipinski definition) is 5. The maximum absolute atomic E-state index is 14.8. The Bertz CT molecular complexity index is 1010. The number of halogens is 5. The maximum Gasteiger partial charge on any atom is 0.408 e. The van der Waals surface area contributed by atoms with Gasteiger partial charge in [0.2, 0.25) is 0 Å². The van der Waals surface area contributed by atoms with Crippen LogP contribution in [0.1, 0.15) is 26.0 Å². The number of hydrogen-bond donors (Lipinski definition) is 1. The molecule has 1 N–H and O–H groups in total. The van der Waals surface area contributed by atoms with Crippen LogP contribution in [0.15, 0.2) is 18.5 Å². The van der Waals surface area contributed by atoms with Gasteiger partial charge in [0.25, 0.3) is 5.78 Å². The summed E-state index contributed by atoms with van der Waals surface area (Å²) in [4.78, 5) is 8.17. The molecule has 11 heteroatoms. The minimum absolute atomic E-state index is 0.0170. The Labute approximate surface area is 162 Å². The van der Waals surface area contributed by atoms with Gasteiger partial charge in [-0.1, -0.05) is 13.3 Å². The van der Waals surface area contributed by atoms with E-state index in [2.05, 4.69) is 20.4 Å². The van der Waals surface area contributed by atoms with E-state index in [1.165, 1.54) is 7.11 Å². The highest BCUT2D eigenvalue weighted by Gasteiger charge is 2.37. The standard InChI is InChI=1S/C18H18F5N5O/c1-4-5-13-15(14-11(19)6-10(29-3)7-12(14)20)16(26-9(2)18(21,22)23)28-17(27-13)24-8-25-28/h6-9,26H,4-5H2,1-3H3/t9-/m0/s1. The fourth-order valence-electron chi connectivity index (χ4n) is 2.90. The highest BCUT2D eigenvalue weighted by atomic mass is 19.4. The summed E-state index contributed by atoms with van der Waals surface area (Å²) in [5.74, 6) is -2.28. The number of alkyl halides is 3. The smallest absolute Gasteiger partial charge is 0.408 e. The molecule has 1 atom stereocenters. The van der Waals surface area contributed by atoms with Crippen molar-refractivity contribution in [2.45, 2.75) is 38.9 Å². The number of nitrogens with one attached hydrogen (secondary N) is 1. The van der Waals surface area contributed by atoms with Gasteiger partial charge in [0.05, 0.1) is 23.9 Å². The van der Waals surface area contributed by atoms with Gasteiger partial charge >= 0.3 is 6.18 Å². The zero-order valence-electron chi connectivity index (χ0n) is 15.8. The lowest BCUT2D eigenvalue weighted by Gasteiger charge is -2.23. The van der Waals surface area contributed by atoms with E-state index in [9.17, 15) is 22.0 Å². The molecular formula is C18H18F5N5O. The molecule has 0 aliphatic heterocycles. The molecule has 0 radical (unpaired) electrons. The minimum atomic E-state index is -4.60. The van der Waals surface area contributed by atoms with E-state index in [1.54, 1.807) is 0 Å². The summed E-state index contributed by atoms with van der Waals surface area (Å²) >= 11 is 0. The Morgan fingerprint density at radius 2 is 1.83 bits per heavy atom. The van der Waals surface area contributed by atoms with Crippen molar-refractivity contribution >= 4 is 11.6 Å². The van der Waals surface area contributed by atoms with Crippen molar-refractivity contribution in [2.75, 3.05) is 12.4 Å². The number of aryl methyl sites for hydroxylation is 1. The van der Waals surface area contributed by atoms with Crippen molar-refractivity contribution in [3.05, 3.63) is 35.8 Å². The summed E-state index contributed by atoms with van der Waals surface area (Å²) in [5, 5.41) is 6.17. The lowest BCUT2D eigenvalue weighted by molar-refractivity contribution is -0.138.